The van der Waals surface area contributed by atoms with Crippen molar-refractivity contribution in [3.63, 3.8) is 0 Å². The molecule has 1 aromatic carbocycles. The summed E-state index contributed by atoms with van der Waals surface area (Å²) in [5.41, 5.74) is 4.75. The van der Waals surface area contributed by atoms with Crippen molar-refractivity contribution < 1.29 is 14.7 Å². The van der Waals surface area contributed by atoms with Gasteiger partial charge >= 0.3 is 5.97 Å². The van der Waals surface area contributed by atoms with Crippen LogP contribution in [-0.4, -0.2) is 33.9 Å². The Hall–Kier alpha value is -2.69. The minimum Gasteiger partial charge on any atom is -0.478 e. The molecule has 22 heavy (non-hydrogen) atoms. The van der Waals surface area contributed by atoms with Crippen molar-refractivity contribution in [1.29, 1.82) is 0 Å². The Morgan fingerprint density at radius 1 is 1.27 bits per heavy atom. The minimum atomic E-state index is -0.963. The van der Waals surface area contributed by atoms with E-state index in [0.717, 1.165) is 22.4 Å². The lowest BCUT2D eigenvalue weighted by atomic mass is 10.0. The Morgan fingerprint density at radius 3 is 2.64 bits per heavy atom. The van der Waals surface area contributed by atoms with Gasteiger partial charge in [0.1, 0.15) is 0 Å². The summed E-state index contributed by atoms with van der Waals surface area (Å²) in [5.74, 6) is -0.932. The normalized spacial score (nSPS) is 13.4. The number of amides is 1. The first kappa shape index (κ1) is 14.3. The van der Waals surface area contributed by atoms with E-state index in [1.807, 2.05) is 18.2 Å². The summed E-state index contributed by atoms with van der Waals surface area (Å²) in [6, 6.07) is 7.41. The Labute approximate surface area is 128 Å². The Balaban J connectivity index is 2.08. The third-order valence-corrected chi connectivity index (χ3v) is 4.00. The molecule has 0 fully saturated rings. The van der Waals surface area contributed by atoms with Gasteiger partial charge in [-0.2, -0.15) is 0 Å². The van der Waals surface area contributed by atoms with Crippen LogP contribution >= 0.6 is 0 Å². The Kier molecular flexibility index (Phi) is 3.20. The lowest BCUT2D eigenvalue weighted by molar-refractivity contribution is 0.0694. The van der Waals surface area contributed by atoms with Crippen molar-refractivity contribution in [2.24, 2.45) is 0 Å². The molecule has 0 saturated carbocycles. The van der Waals surface area contributed by atoms with E-state index < -0.39 is 5.97 Å². The number of pyridine rings is 1. The van der Waals surface area contributed by atoms with Crippen molar-refractivity contribution in [2.45, 2.75) is 20.4 Å². The number of carboxylic acid groups (broad SMARTS) is 1. The summed E-state index contributed by atoms with van der Waals surface area (Å²) in [6.45, 7) is 4.06. The van der Waals surface area contributed by atoms with Gasteiger partial charge < -0.3 is 10.0 Å². The SMILES string of the molecule is Cc1cc(-c2ccc3c(c2)CN(C)C3=O)nc(C)c1C(=O)O. The molecule has 1 aromatic heterocycles. The maximum atomic E-state index is 11.9. The van der Waals surface area contributed by atoms with Crippen molar-refractivity contribution in [3.05, 3.63) is 52.2 Å². The van der Waals surface area contributed by atoms with Crippen molar-refractivity contribution in [1.82, 2.24) is 9.88 Å². The number of carbonyl (C=O) groups is 2. The zero-order valence-electron chi connectivity index (χ0n) is 12.7. The van der Waals surface area contributed by atoms with Crippen molar-refractivity contribution in [2.75, 3.05) is 7.05 Å². The van der Waals surface area contributed by atoms with E-state index in [2.05, 4.69) is 4.98 Å². The lowest BCUT2D eigenvalue weighted by Crippen LogP contribution is -2.17. The number of carboxylic acids is 1. The molecule has 2 aromatic rings. The van der Waals surface area contributed by atoms with E-state index in [0.29, 0.717) is 17.8 Å². The third kappa shape index (κ3) is 2.15. The Morgan fingerprint density at radius 2 is 2.00 bits per heavy atom. The lowest BCUT2D eigenvalue weighted by Gasteiger charge is -2.09. The molecule has 5 heteroatoms. The van der Waals surface area contributed by atoms with Gasteiger partial charge in [0.15, 0.2) is 0 Å². The number of carbonyl (C=O) groups excluding carboxylic acids is 1. The van der Waals surface area contributed by atoms with Crippen LogP contribution in [0.5, 0.6) is 0 Å². The van der Waals surface area contributed by atoms with E-state index >= 15 is 0 Å². The molecule has 0 atom stereocenters. The summed E-state index contributed by atoms with van der Waals surface area (Å²) in [7, 11) is 1.77. The van der Waals surface area contributed by atoms with Gasteiger partial charge in [-0.05, 0) is 43.2 Å². The van der Waals surface area contributed by atoms with E-state index in [9.17, 15) is 14.7 Å². The van der Waals surface area contributed by atoms with E-state index in [1.54, 1.807) is 31.9 Å². The highest BCUT2D eigenvalue weighted by Gasteiger charge is 2.24. The predicted molar refractivity (Wildman–Crippen MR) is 81.9 cm³/mol. The molecule has 1 aliphatic heterocycles. The molecular weight excluding hydrogens is 280 g/mol. The number of aromatic nitrogens is 1. The number of hydrogen-bond acceptors (Lipinski definition) is 3. The molecule has 1 amide bonds. The highest BCUT2D eigenvalue weighted by atomic mass is 16.4. The number of hydrogen-bond donors (Lipinski definition) is 1. The van der Waals surface area contributed by atoms with Crippen LogP contribution in [0.15, 0.2) is 24.3 Å². The number of aromatic carboxylic acids is 1. The van der Waals surface area contributed by atoms with Crippen LogP contribution in [-0.2, 0) is 6.54 Å². The molecule has 112 valence electrons. The van der Waals surface area contributed by atoms with Crippen molar-refractivity contribution in [3.8, 4) is 11.3 Å². The first-order chi connectivity index (χ1) is 10.4. The topological polar surface area (TPSA) is 70.5 Å². The van der Waals surface area contributed by atoms with Crippen LogP contribution in [0.25, 0.3) is 11.3 Å². The summed E-state index contributed by atoms with van der Waals surface area (Å²) in [5, 5.41) is 9.21. The largest absolute Gasteiger partial charge is 0.478 e. The molecule has 5 nitrogen and oxygen atoms in total. The molecule has 0 aliphatic carbocycles. The molecule has 0 spiro atoms. The predicted octanol–water partition coefficient (Wildman–Crippen LogP) is 2.65. The highest BCUT2D eigenvalue weighted by Crippen LogP contribution is 2.28. The standard InChI is InChI=1S/C17H16N2O3/c1-9-6-14(18-10(2)15(9)17(21)22)11-4-5-13-12(7-11)8-19(3)16(13)20/h4-7H,8H2,1-3H3,(H,21,22). The monoisotopic (exact) mass is 296 g/mol. The summed E-state index contributed by atoms with van der Waals surface area (Å²) < 4.78 is 0. The van der Waals surface area contributed by atoms with Gasteiger partial charge in [0.25, 0.3) is 5.91 Å². The fourth-order valence-electron chi connectivity index (χ4n) is 2.93. The zero-order valence-corrected chi connectivity index (χ0v) is 12.7. The summed E-state index contributed by atoms with van der Waals surface area (Å²) in [6.07, 6.45) is 0. The maximum absolute atomic E-state index is 11.9. The number of aryl methyl sites for hydroxylation is 2. The number of nitrogens with zero attached hydrogens (tertiary/aromatic N) is 2. The molecule has 1 aliphatic rings. The smallest absolute Gasteiger partial charge is 0.337 e. The molecule has 0 saturated heterocycles. The molecule has 0 unspecified atom stereocenters. The fourth-order valence-corrected chi connectivity index (χ4v) is 2.93. The first-order valence-electron chi connectivity index (χ1n) is 6.99. The third-order valence-electron chi connectivity index (χ3n) is 4.00. The van der Waals surface area contributed by atoms with E-state index in [4.69, 9.17) is 0 Å². The zero-order chi connectivity index (χ0) is 16.0. The number of benzene rings is 1. The van der Waals surface area contributed by atoms with Gasteiger partial charge in [0.05, 0.1) is 17.0 Å². The molecule has 0 radical (unpaired) electrons. The molecule has 2 heterocycles. The second-order valence-electron chi connectivity index (χ2n) is 5.62. The van der Waals surface area contributed by atoms with Gasteiger partial charge in [0.2, 0.25) is 0 Å². The van der Waals surface area contributed by atoms with Crippen LogP contribution < -0.4 is 0 Å². The second-order valence-corrected chi connectivity index (χ2v) is 5.62. The van der Waals surface area contributed by atoms with Gasteiger partial charge in [-0.3, -0.25) is 9.78 Å². The first-order valence-corrected chi connectivity index (χ1v) is 6.99. The highest BCUT2D eigenvalue weighted by molar-refractivity contribution is 5.98. The van der Waals surface area contributed by atoms with Crippen molar-refractivity contribution >= 4 is 11.9 Å². The average molecular weight is 296 g/mol. The Bertz CT molecular complexity index is 789. The summed E-state index contributed by atoms with van der Waals surface area (Å²) in [4.78, 5) is 29.2. The van der Waals surface area contributed by atoms with Crippen LogP contribution in [0.3, 0.4) is 0 Å². The van der Waals surface area contributed by atoms with E-state index in [1.165, 1.54) is 0 Å². The summed E-state index contributed by atoms with van der Waals surface area (Å²) >= 11 is 0. The quantitative estimate of drug-likeness (QED) is 0.925. The molecule has 0 bridgehead atoms. The van der Waals surface area contributed by atoms with Crippen LogP contribution in [0, 0.1) is 13.8 Å². The molecule has 3 rings (SSSR count). The van der Waals surface area contributed by atoms with Gasteiger partial charge in [-0.15, -0.1) is 0 Å². The van der Waals surface area contributed by atoms with Crippen LogP contribution in [0.2, 0.25) is 0 Å². The molecular formula is C17H16N2O3. The molecule has 1 N–H and O–H groups in total. The van der Waals surface area contributed by atoms with Gasteiger partial charge in [0, 0.05) is 24.7 Å². The minimum absolute atomic E-state index is 0.0306. The average Bonchev–Trinajstić information content (AvgIpc) is 2.72. The van der Waals surface area contributed by atoms with Gasteiger partial charge in [-0.1, -0.05) is 6.07 Å². The number of fused-ring (bicyclic) bond motifs is 1. The number of rotatable bonds is 2. The fraction of sp³-hybridized carbons (Fsp3) is 0.235. The second kappa shape index (κ2) is 4.94. The van der Waals surface area contributed by atoms with Crippen LogP contribution in [0.4, 0.5) is 0 Å². The maximum Gasteiger partial charge on any atom is 0.337 e. The van der Waals surface area contributed by atoms with E-state index in [-0.39, 0.29) is 11.5 Å². The van der Waals surface area contributed by atoms with Gasteiger partial charge in [-0.25, -0.2) is 4.79 Å². The van der Waals surface area contributed by atoms with Crippen LogP contribution in [0.1, 0.15) is 37.5 Å².